The van der Waals surface area contributed by atoms with Crippen LogP contribution >= 0.6 is 11.8 Å². The van der Waals surface area contributed by atoms with Gasteiger partial charge in [0.1, 0.15) is 5.75 Å². The molecule has 1 heterocycles. The number of nitrogens with one attached hydrogen (secondary N) is 2. The Morgan fingerprint density at radius 1 is 0.939 bits per heavy atom. The molecule has 0 saturated carbocycles. The van der Waals surface area contributed by atoms with Gasteiger partial charge in [-0.2, -0.15) is 0 Å². The molecule has 0 unspecified atom stereocenters. The minimum atomic E-state index is -0.313. The predicted octanol–water partition coefficient (Wildman–Crippen LogP) is 4.84. The lowest BCUT2D eigenvalue weighted by Gasteiger charge is -2.12. The molecule has 0 bridgehead atoms. The quantitative estimate of drug-likeness (QED) is 0.487. The van der Waals surface area contributed by atoms with Crippen molar-refractivity contribution in [3.05, 3.63) is 72.3 Å². The van der Waals surface area contributed by atoms with Crippen molar-refractivity contribution in [1.29, 1.82) is 0 Å². The number of hydrogen-bond donors (Lipinski definition) is 2. The minimum absolute atomic E-state index is 0.189. The lowest BCUT2D eigenvalue weighted by atomic mass is 10.1. The van der Waals surface area contributed by atoms with E-state index in [1.807, 2.05) is 18.2 Å². The largest absolute Gasteiger partial charge is 0.497 e. The number of benzene rings is 3. The standard InChI is InChI=1S/C25H24N2O5S/c1-30-18-9-7-17(8-10-18)26-25(29)20-5-2-3-6-21(20)27-24(28)16-33-19-11-12-22-23(15-19)32-14-4-13-31-22/h2-3,5-12,15H,4,13-14,16H2,1H3,(H,26,29)(H,27,28). The molecule has 2 amide bonds. The summed E-state index contributed by atoms with van der Waals surface area (Å²) < 4.78 is 16.5. The van der Waals surface area contributed by atoms with E-state index >= 15 is 0 Å². The van der Waals surface area contributed by atoms with Gasteiger partial charge >= 0.3 is 0 Å². The van der Waals surface area contributed by atoms with Gasteiger partial charge in [-0.15, -0.1) is 11.8 Å². The number of carbonyl (C=O) groups excluding carboxylic acids is 2. The van der Waals surface area contributed by atoms with Gasteiger partial charge in [0.15, 0.2) is 11.5 Å². The molecule has 0 aromatic heterocycles. The third-order valence-electron chi connectivity index (χ3n) is 4.88. The molecular formula is C25H24N2O5S. The summed E-state index contributed by atoms with van der Waals surface area (Å²) in [6.45, 7) is 1.24. The number of methoxy groups -OCH3 is 1. The van der Waals surface area contributed by atoms with Crippen molar-refractivity contribution in [2.75, 3.05) is 36.7 Å². The maximum Gasteiger partial charge on any atom is 0.257 e. The van der Waals surface area contributed by atoms with Crippen LogP contribution in [0.2, 0.25) is 0 Å². The van der Waals surface area contributed by atoms with Gasteiger partial charge in [0.05, 0.1) is 37.3 Å². The number of rotatable bonds is 7. The summed E-state index contributed by atoms with van der Waals surface area (Å²) in [5, 5.41) is 5.68. The van der Waals surface area contributed by atoms with Crippen molar-refractivity contribution in [2.24, 2.45) is 0 Å². The molecule has 0 fully saturated rings. The number of ether oxygens (including phenoxy) is 3. The fourth-order valence-electron chi connectivity index (χ4n) is 3.23. The number of fused-ring (bicyclic) bond motifs is 1. The first kappa shape index (κ1) is 22.5. The van der Waals surface area contributed by atoms with Crippen LogP contribution in [0.5, 0.6) is 17.2 Å². The summed E-state index contributed by atoms with van der Waals surface area (Å²) in [6.07, 6.45) is 0.838. The Morgan fingerprint density at radius 3 is 2.48 bits per heavy atom. The van der Waals surface area contributed by atoms with Gasteiger partial charge < -0.3 is 24.8 Å². The van der Waals surface area contributed by atoms with E-state index in [0.29, 0.717) is 41.7 Å². The second kappa shape index (κ2) is 10.8. The van der Waals surface area contributed by atoms with E-state index in [9.17, 15) is 9.59 Å². The van der Waals surface area contributed by atoms with Crippen LogP contribution in [0, 0.1) is 0 Å². The van der Waals surface area contributed by atoms with Gasteiger partial charge in [0.2, 0.25) is 5.91 Å². The molecule has 3 aromatic rings. The van der Waals surface area contributed by atoms with Crippen LogP contribution in [0.3, 0.4) is 0 Å². The molecule has 0 radical (unpaired) electrons. The number of anilines is 2. The first-order valence-corrected chi connectivity index (χ1v) is 11.5. The fraction of sp³-hybridized carbons (Fsp3) is 0.200. The van der Waals surface area contributed by atoms with Crippen molar-refractivity contribution in [2.45, 2.75) is 11.3 Å². The van der Waals surface area contributed by atoms with E-state index in [0.717, 1.165) is 17.1 Å². The molecule has 0 saturated heterocycles. The third kappa shape index (κ3) is 5.98. The Kier molecular flexibility index (Phi) is 7.36. The molecule has 0 aliphatic carbocycles. The lowest BCUT2D eigenvalue weighted by Crippen LogP contribution is -2.19. The van der Waals surface area contributed by atoms with Crippen molar-refractivity contribution >= 4 is 35.0 Å². The first-order valence-electron chi connectivity index (χ1n) is 10.5. The van der Waals surface area contributed by atoms with Crippen LogP contribution in [0.15, 0.2) is 71.6 Å². The Bertz CT molecular complexity index is 1130. The van der Waals surface area contributed by atoms with E-state index < -0.39 is 0 Å². The smallest absolute Gasteiger partial charge is 0.257 e. The summed E-state index contributed by atoms with van der Waals surface area (Å²) in [6, 6.07) is 19.6. The fourth-order valence-corrected chi connectivity index (χ4v) is 3.96. The highest BCUT2D eigenvalue weighted by Gasteiger charge is 2.15. The number of thioether (sulfide) groups is 1. The van der Waals surface area contributed by atoms with Crippen LogP contribution in [-0.2, 0) is 4.79 Å². The molecule has 4 rings (SSSR count). The third-order valence-corrected chi connectivity index (χ3v) is 5.88. The molecule has 8 heteroatoms. The van der Waals surface area contributed by atoms with E-state index in [2.05, 4.69) is 10.6 Å². The molecule has 3 aromatic carbocycles. The number of carbonyl (C=O) groups is 2. The SMILES string of the molecule is COc1ccc(NC(=O)c2ccccc2NC(=O)CSc2ccc3c(c2)OCCCO3)cc1. The van der Waals surface area contributed by atoms with Crippen molar-refractivity contribution in [3.63, 3.8) is 0 Å². The Morgan fingerprint density at radius 2 is 1.70 bits per heavy atom. The highest BCUT2D eigenvalue weighted by atomic mass is 32.2. The summed E-state index contributed by atoms with van der Waals surface area (Å²) >= 11 is 1.39. The molecule has 2 N–H and O–H groups in total. The van der Waals surface area contributed by atoms with Crippen molar-refractivity contribution < 1.29 is 23.8 Å². The number of para-hydroxylation sites is 1. The van der Waals surface area contributed by atoms with Crippen molar-refractivity contribution in [1.82, 2.24) is 0 Å². The maximum absolute atomic E-state index is 12.8. The second-order valence-electron chi connectivity index (χ2n) is 7.22. The lowest BCUT2D eigenvalue weighted by molar-refractivity contribution is -0.113. The second-order valence-corrected chi connectivity index (χ2v) is 8.27. The Hall–Kier alpha value is -3.65. The van der Waals surface area contributed by atoms with Crippen LogP contribution < -0.4 is 24.8 Å². The molecular weight excluding hydrogens is 440 g/mol. The highest BCUT2D eigenvalue weighted by Crippen LogP contribution is 2.34. The first-order chi connectivity index (χ1) is 16.1. The van der Waals surface area contributed by atoms with E-state index in [1.165, 1.54) is 11.8 Å². The molecule has 1 aliphatic rings. The average molecular weight is 465 g/mol. The van der Waals surface area contributed by atoms with Crippen LogP contribution in [-0.4, -0.2) is 37.9 Å². The molecule has 33 heavy (non-hydrogen) atoms. The zero-order valence-corrected chi connectivity index (χ0v) is 18.9. The normalized spacial score (nSPS) is 12.4. The van der Waals surface area contributed by atoms with Gasteiger partial charge in [-0.3, -0.25) is 9.59 Å². The van der Waals surface area contributed by atoms with Gasteiger partial charge in [-0.05, 0) is 54.6 Å². The summed E-state index contributed by atoms with van der Waals surface area (Å²) in [4.78, 5) is 26.3. The van der Waals surface area contributed by atoms with Crippen molar-refractivity contribution in [3.8, 4) is 17.2 Å². The molecule has 0 spiro atoms. The molecule has 0 atom stereocenters. The van der Waals surface area contributed by atoms with E-state index in [1.54, 1.807) is 55.6 Å². The van der Waals surface area contributed by atoms with Gasteiger partial charge in [-0.1, -0.05) is 12.1 Å². The maximum atomic E-state index is 12.8. The number of amides is 2. The zero-order valence-electron chi connectivity index (χ0n) is 18.1. The molecule has 1 aliphatic heterocycles. The average Bonchev–Trinajstić information content (AvgIpc) is 3.08. The van der Waals surface area contributed by atoms with Crippen LogP contribution in [0.1, 0.15) is 16.8 Å². The molecule has 7 nitrogen and oxygen atoms in total. The van der Waals surface area contributed by atoms with Gasteiger partial charge in [0, 0.05) is 17.0 Å². The summed E-state index contributed by atoms with van der Waals surface area (Å²) in [5.74, 6) is 1.78. The Balaban J connectivity index is 1.37. The minimum Gasteiger partial charge on any atom is -0.497 e. The van der Waals surface area contributed by atoms with Gasteiger partial charge in [0.25, 0.3) is 5.91 Å². The summed E-state index contributed by atoms with van der Waals surface area (Å²) in [7, 11) is 1.58. The Labute approximate surface area is 196 Å². The monoisotopic (exact) mass is 464 g/mol. The predicted molar refractivity (Wildman–Crippen MR) is 129 cm³/mol. The number of hydrogen-bond acceptors (Lipinski definition) is 6. The highest BCUT2D eigenvalue weighted by molar-refractivity contribution is 8.00. The zero-order chi connectivity index (χ0) is 23.0. The van der Waals surface area contributed by atoms with Crippen LogP contribution in [0.4, 0.5) is 11.4 Å². The van der Waals surface area contributed by atoms with Crippen LogP contribution in [0.25, 0.3) is 0 Å². The van der Waals surface area contributed by atoms with Gasteiger partial charge in [-0.25, -0.2) is 0 Å². The van der Waals surface area contributed by atoms with E-state index in [-0.39, 0.29) is 17.6 Å². The molecule has 170 valence electrons. The van der Waals surface area contributed by atoms with E-state index in [4.69, 9.17) is 14.2 Å². The summed E-state index contributed by atoms with van der Waals surface area (Å²) in [5.41, 5.74) is 1.46. The topological polar surface area (TPSA) is 85.9 Å².